The van der Waals surface area contributed by atoms with E-state index in [4.69, 9.17) is 4.74 Å². The number of likely N-dealkylation sites (N-methyl/N-ethyl adjacent to an activating group) is 1. The molecule has 3 aromatic rings. The van der Waals surface area contributed by atoms with Gasteiger partial charge in [0.2, 0.25) is 5.91 Å². The quantitative estimate of drug-likeness (QED) is 0.562. The van der Waals surface area contributed by atoms with Crippen LogP contribution in [-0.2, 0) is 11.4 Å². The van der Waals surface area contributed by atoms with Crippen LogP contribution in [0.1, 0.15) is 28.6 Å². The molecule has 2 amide bonds. The number of rotatable bonds is 7. The zero-order chi connectivity index (χ0) is 20.9. The van der Waals surface area contributed by atoms with Crippen molar-refractivity contribution in [2.24, 2.45) is 0 Å². The molecule has 0 spiro atoms. The minimum Gasteiger partial charge on any atom is -0.488 e. The Labute approximate surface area is 180 Å². The number of carbonyl (C=O) groups is 2. The van der Waals surface area contributed by atoms with E-state index in [0.717, 1.165) is 10.6 Å². The van der Waals surface area contributed by atoms with E-state index < -0.39 is 6.04 Å². The molecule has 0 N–H and O–H groups in total. The fourth-order valence-electron chi connectivity index (χ4n) is 3.76. The number of thiophene rings is 1. The van der Waals surface area contributed by atoms with Crippen LogP contribution >= 0.6 is 11.3 Å². The lowest BCUT2D eigenvalue weighted by Gasteiger charge is -2.27. The smallest absolute Gasteiger partial charge is 0.254 e. The third-order valence-corrected chi connectivity index (χ3v) is 6.11. The normalized spacial score (nSPS) is 16.0. The van der Waals surface area contributed by atoms with Crippen molar-refractivity contribution in [3.05, 3.63) is 82.6 Å². The molecule has 2 heterocycles. The fourth-order valence-corrected chi connectivity index (χ4v) is 4.37. The molecule has 30 heavy (non-hydrogen) atoms. The summed E-state index contributed by atoms with van der Waals surface area (Å²) in [7, 11) is 0. The van der Waals surface area contributed by atoms with Crippen LogP contribution in [0, 0.1) is 0 Å². The Bertz CT molecular complexity index is 1000. The lowest BCUT2D eigenvalue weighted by atomic mass is 10.1. The summed E-state index contributed by atoms with van der Waals surface area (Å²) in [6.07, 6.45) is 0.627. The Morgan fingerprint density at radius 2 is 1.97 bits per heavy atom. The first kappa shape index (κ1) is 20.2. The van der Waals surface area contributed by atoms with Gasteiger partial charge < -0.3 is 14.5 Å². The monoisotopic (exact) mass is 420 g/mol. The molecule has 2 aromatic carbocycles. The van der Waals surface area contributed by atoms with Crippen LogP contribution in [0.25, 0.3) is 0 Å². The molecule has 1 atom stereocenters. The topological polar surface area (TPSA) is 49.9 Å². The molecule has 6 heteroatoms. The van der Waals surface area contributed by atoms with Crippen molar-refractivity contribution in [3.8, 4) is 5.75 Å². The molecule has 1 aliphatic heterocycles. The summed E-state index contributed by atoms with van der Waals surface area (Å²) in [6.45, 7) is 3.47. The maximum atomic E-state index is 13.2. The third kappa shape index (κ3) is 4.24. The molecular weight excluding hydrogens is 396 g/mol. The highest BCUT2D eigenvalue weighted by molar-refractivity contribution is 7.09. The van der Waals surface area contributed by atoms with E-state index in [1.54, 1.807) is 33.3 Å². The number of hydrogen-bond acceptors (Lipinski definition) is 4. The number of carbonyl (C=O) groups excluding carboxylic acids is 2. The second kappa shape index (κ2) is 9.13. The zero-order valence-corrected chi connectivity index (χ0v) is 17.7. The van der Waals surface area contributed by atoms with Crippen LogP contribution in [-0.4, -0.2) is 35.8 Å². The summed E-state index contributed by atoms with van der Waals surface area (Å²) in [5.41, 5.74) is 1.41. The number of benzene rings is 2. The maximum absolute atomic E-state index is 13.2. The maximum Gasteiger partial charge on any atom is 0.254 e. The highest BCUT2D eigenvalue weighted by Crippen LogP contribution is 2.26. The van der Waals surface area contributed by atoms with E-state index in [2.05, 4.69) is 0 Å². The molecule has 0 radical (unpaired) electrons. The average Bonchev–Trinajstić information content (AvgIpc) is 3.44. The Hall–Kier alpha value is -3.12. The van der Waals surface area contributed by atoms with Crippen molar-refractivity contribution in [1.29, 1.82) is 0 Å². The molecule has 154 valence electrons. The van der Waals surface area contributed by atoms with Gasteiger partial charge in [-0.05, 0) is 55.1 Å². The Kier molecular flexibility index (Phi) is 6.14. The van der Waals surface area contributed by atoms with Gasteiger partial charge >= 0.3 is 0 Å². The van der Waals surface area contributed by atoms with Crippen molar-refractivity contribution < 1.29 is 14.3 Å². The predicted octanol–water partition coefficient (Wildman–Crippen LogP) is 4.59. The van der Waals surface area contributed by atoms with Gasteiger partial charge in [0.1, 0.15) is 18.4 Å². The van der Waals surface area contributed by atoms with E-state index in [9.17, 15) is 9.59 Å². The highest BCUT2D eigenvalue weighted by atomic mass is 32.1. The van der Waals surface area contributed by atoms with E-state index in [-0.39, 0.29) is 11.8 Å². The standard InChI is InChI=1S/C24H24N2O3S/c1-2-25(22-13-14-26(24(22)28)19-9-4-3-5-10-19)23(27)18-8-6-11-20(16-18)29-17-21-12-7-15-30-21/h3-12,15-16,22H,2,13-14,17H2,1H3. The predicted molar refractivity (Wildman–Crippen MR) is 119 cm³/mol. The summed E-state index contributed by atoms with van der Waals surface area (Å²) in [6, 6.07) is 20.4. The fraction of sp³-hybridized carbons (Fsp3) is 0.250. The van der Waals surface area contributed by atoms with Gasteiger partial charge in [0, 0.05) is 29.2 Å². The molecular formula is C24H24N2O3S. The van der Waals surface area contributed by atoms with Crippen molar-refractivity contribution in [1.82, 2.24) is 4.90 Å². The summed E-state index contributed by atoms with van der Waals surface area (Å²) < 4.78 is 5.84. The van der Waals surface area contributed by atoms with Gasteiger partial charge in [-0.15, -0.1) is 11.3 Å². The average molecular weight is 421 g/mol. The van der Waals surface area contributed by atoms with Gasteiger partial charge in [0.15, 0.2) is 0 Å². The zero-order valence-electron chi connectivity index (χ0n) is 16.9. The van der Waals surface area contributed by atoms with E-state index in [1.165, 1.54) is 0 Å². The first-order valence-electron chi connectivity index (χ1n) is 10.1. The minimum absolute atomic E-state index is 0.0264. The molecule has 1 saturated heterocycles. The second-order valence-corrected chi connectivity index (χ2v) is 8.15. The van der Waals surface area contributed by atoms with Gasteiger partial charge in [-0.1, -0.05) is 30.3 Å². The summed E-state index contributed by atoms with van der Waals surface area (Å²) in [5.74, 6) is 0.475. The minimum atomic E-state index is -0.446. The summed E-state index contributed by atoms with van der Waals surface area (Å²) in [4.78, 5) is 30.8. The summed E-state index contributed by atoms with van der Waals surface area (Å²) in [5, 5.41) is 2.01. The summed E-state index contributed by atoms with van der Waals surface area (Å²) >= 11 is 1.63. The first-order valence-corrected chi connectivity index (χ1v) is 11.0. The second-order valence-electron chi connectivity index (χ2n) is 7.12. The van der Waals surface area contributed by atoms with Crippen LogP contribution < -0.4 is 9.64 Å². The Balaban J connectivity index is 1.47. The van der Waals surface area contributed by atoms with Crippen molar-refractivity contribution in [3.63, 3.8) is 0 Å². The van der Waals surface area contributed by atoms with E-state index in [0.29, 0.717) is 37.4 Å². The molecule has 0 saturated carbocycles. The SMILES string of the molecule is CCN(C(=O)c1cccc(OCc2cccs2)c1)C1CCN(c2ccccc2)C1=O. The van der Waals surface area contributed by atoms with Crippen molar-refractivity contribution in [2.45, 2.75) is 26.0 Å². The van der Waals surface area contributed by atoms with Gasteiger partial charge in [0.25, 0.3) is 5.91 Å². The van der Waals surface area contributed by atoms with E-state index >= 15 is 0 Å². The third-order valence-electron chi connectivity index (χ3n) is 5.27. The number of nitrogens with zero attached hydrogens (tertiary/aromatic N) is 2. The van der Waals surface area contributed by atoms with Crippen molar-refractivity contribution >= 4 is 28.8 Å². The molecule has 1 aliphatic rings. The number of anilines is 1. The van der Waals surface area contributed by atoms with Gasteiger partial charge in [-0.3, -0.25) is 9.59 Å². The van der Waals surface area contributed by atoms with Crippen LogP contribution in [0.4, 0.5) is 5.69 Å². The van der Waals surface area contributed by atoms with Gasteiger partial charge in [-0.25, -0.2) is 0 Å². The first-order chi connectivity index (χ1) is 14.7. The molecule has 4 rings (SSSR count). The van der Waals surface area contributed by atoms with Gasteiger partial charge in [0.05, 0.1) is 0 Å². The van der Waals surface area contributed by atoms with Gasteiger partial charge in [-0.2, -0.15) is 0 Å². The van der Waals surface area contributed by atoms with E-state index in [1.807, 2.05) is 66.9 Å². The van der Waals surface area contributed by atoms with Crippen molar-refractivity contribution in [2.75, 3.05) is 18.0 Å². The lowest BCUT2D eigenvalue weighted by molar-refractivity contribution is -0.120. The van der Waals surface area contributed by atoms with Crippen LogP contribution in [0.3, 0.4) is 0 Å². The highest BCUT2D eigenvalue weighted by Gasteiger charge is 2.38. The largest absolute Gasteiger partial charge is 0.488 e. The molecule has 0 aliphatic carbocycles. The molecule has 1 fully saturated rings. The van der Waals surface area contributed by atoms with Crippen LogP contribution in [0.15, 0.2) is 72.1 Å². The number of amides is 2. The molecule has 1 unspecified atom stereocenters. The molecule has 0 bridgehead atoms. The molecule has 5 nitrogen and oxygen atoms in total. The van der Waals surface area contributed by atoms with Crippen LogP contribution in [0.5, 0.6) is 5.75 Å². The number of ether oxygens (including phenoxy) is 1. The Morgan fingerprint density at radius 3 is 2.70 bits per heavy atom. The van der Waals surface area contributed by atoms with Crippen LogP contribution in [0.2, 0.25) is 0 Å². The molecule has 1 aromatic heterocycles. The Morgan fingerprint density at radius 1 is 1.13 bits per heavy atom. The number of hydrogen-bond donors (Lipinski definition) is 0. The lowest BCUT2D eigenvalue weighted by Crippen LogP contribution is -2.45. The number of para-hydroxylation sites is 1.